The van der Waals surface area contributed by atoms with Crippen LogP contribution in [0, 0.1) is 0 Å². The molecule has 1 aliphatic heterocycles. The molecule has 2 rings (SSSR count). The number of nitrogens with one attached hydrogen (secondary N) is 2. The van der Waals surface area contributed by atoms with Gasteiger partial charge in [-0.15, -0.1) is 0 Å². The third-order valence-electron chi connectivity index (χ3n) is 5.18. The van der Waals surface area contributed by atoms with Crippen LogP contribution in [-0.2, 0) is 24.0 Å². The number of nitrogens with zero attached hydrogens (tertiary/aromatic N) is 2. The smallest absolute Gasteiger partial charge is 0.264 e. The molecule has 0 aromatic heterocycles. The summed E-state index contributed by atoms with van der Waals surface area (Å²) in [5, 5.41) is 16.1. The highest BCUT2D eigenvalue weighted by Crippen LogP contribution is 2.32. The van der Waals surface area contributed by atoms with E-state index in [4.69, 9.17) is 23.2 Å². The van der Waals surface area contributed by atoms with Gasteiger partial charge in [0.2, 0.25) is 11.8 Å². The Labute approximate surface area is 205 Å². The van der Waals surface area contributed by atoms with Crippen molar-refractivity contribution < 1.29 is 33.9 Å². The number of hydrogen-bond acceptors (Lipinski definition) is 7. The minimum atomic E-state index is -1.24. The number of amides is 4. The van der Waals surface area contributed by atoms with Crippen molar-refractivity contribution in [1.82, 2.24) is 20.7 Å². The van der Waals surface area contributed by atoms with Gasteiger partial charge in [-0.05, 0) is 32.4 Å². The summed E-state index contributed by atoms with van der Waals surface area (Å²) in [7, 11) is 1.31. The quantitative estimate of drug-likeness (QED) is 0.434. The van der Waals surface area contributed by atoms with Crippen molar-refractivity contribution in [2.45, 2.75) is 51.2 Å². The summed E-state index contributed by atoms with van der Waals surface area (Å²) in [5.41, 5.74) is -0.0278. The molecular weight excluding hydrogens is 491 g/mol. The lowest BCUT2D eigenvalue weighted by Crippen LogP contribution is -2.60. The molecule has 1 unspecified atom stereocenters. The number of Topliss-reactive ketones (excluding diaryl/α,β-unsaturated/α-hetero) is 1. The molecule has 1 aromatic carbocycles. The fraction of sp³-hybridized carbons (Fsp3) is 0.429. The van der Waals surface area contributed by atoms with Gasteiger partial charge in [0.1, 0.15) is 24.2 Å². The number of hydrazine groups is 1. The molecule has 13 heteroatoms. The highest BCUT2D eigenvalue weighted by molar-refractivity contribution is 6.37. The summed E-state index contributed by atoms with van der Waals surface area (Å²) < 4.78 is 0. The van der Waals surface area contributed by atoms with E-state index in [1.54, 1.807) is 0 Å². The van der Waals surface area contributed by atoms with Crippen LogP contribution in [0.5, 0.6) is 5.75 Å². The molecule has 0 radical (unpaired) electrons. The van der Waals surface area contributed by atoms with E-state index in [1.165, 1.54) is 33.0 Å². The van der Waals surface area contributed by atoms with Crippen molar-refractivity contribution in [3.05, 3.63) is 27.7 Å². The molecular formula is C21H24Cl2N4O7. The van der Waals surface area contributed by atoms with E-state index < -0.39 is 47.5 Å². The summed E-state index contributed by atoms with van der Waals surface area (Å²) in [4.78, 5) is 73.6. The first-order chi connectivity index (χ1) is 15.9. The van der Waals surface area contributed by atoms with E-state index in [-0.39, 0.29) is 40.7 Å². The molecule has 3 atom stereocenters. The molecule has 4 amide bonds. The van der Waals surface area contributed by atoms with Crippen LogP contribution in [0.3, 0.4) is 0 Å². The lowest BCUT2D eigenvalue weighted by atomic mass is 10.1. The molecule has 1 aromatic rings. The van der Waals surface area contributed by atoms with Gasteiger partial charge in [-0.3, -0.25) is 29.0 Å². The van der Waals surface area contributed by atoms with Gasteiger partial charge >= 0.3 is 0 Å². The van der Waals surface area contributed by atoms with E-state index in [9.17, 15) is 33.9 Å². The van der Waals surface area contributed by atoms with Gasteiger partial charge in [-0.25, -0.2) is 5.01 Å². The number of phenolic OH excluding ortho intramolecular Hbond substituents is 1. The second kappa shape index (κ2) is 11.3. The predicted octanol–water partition coefficient (Wildman–Crippen LogP) is 0.845. The summed E-state index contributed by atoms with van der Waals surface area (Å²) in [6.45, 7) is 2.61. The molecule has 3 N–H and O–H groups in total. The maximum atomic E-state index is 13.3. The van der Waals surface area contributed by atoms with Gasteiger partial charge in [-0.2, -0.15) is 0 Å². The Bertz CT molecular complexity index is 1010. The number of hydrogen-bond donors (Lipinski definition) is 3. The van der Waals surface area contributed by atoms with E-state index in [0.717, 1.165) is 10.0 Å². The molecule has 0 bridgehead atoms. The molecule has 184 valence electrons. The van der Waals surface area contributed by atoms with Gasteiger partial charge in [-0.1, -0.05) is 23.2 Å². The first kappa shape index (κ1) is 27.1. The van der Waals surface area contributed by atoms with E-state index in [0.29, 0.717) is 6.29 Å². The highest BCUT2D eigenvalue weighted by Gasteiger charge is 2.40. The summed E-state index contributed by atoms with van der Waals surface area (Å²) in [6.07, 6.45) is 0.0407. The van der Waals surface area contributed by atoms with Crippen molar-refractivity contribution >= 4 is 58.9 Å². The van der Waals surface area contributed by atoms with Crippen LogP contribution >= 0.6 is 23.2 Å². The number of ketones is 1. The maximum Gasteiger partial charge on any atom is 0.264 e. The molecule has 1 heterocycles. The predicted molar refractivity (Wildman–Crippen MR) is 121 cm³/mol. The van der Waals surface area contributed by atoms with Gasteiger partial charge in [0, 0.05) is 25.5 Å². The fourth-order valence-corrected chi connectivity index (χ4v) is 3.85. The number of aromatic hydroxyl groups is 1. The van der Waals surface area contributed by atoms with Crippen molar-refractivity contribution in [2.75, 3.05) is 7.05 Å². The Kier molecular flexibility index (Phi) is 9.00. The largest absolute Gasteiger partial charge is 0.505 e. The van der Waals surface area contributed by atoms with Crippen LogP contribution in [0.15, 0.2) is 12.1 Å². The number of carbonyl (C=O) groups excluding carboxylic acids is 6. The van der Waals surface area contributed by atoms with E-state index >= 15 is 0 Å². The third-order valence-corrected chi connectivity index (χ3v) is 5.76. The highest BCUT2D eigenvalue weighted by atomic mass is 35.5. The third kappa shape index (κ3) is 6.23. The van der Waals surface area contributed by atoms with Gasteiger partial charge in [0.05, 0.1) is 16.1 Å². The number of phenols is 1. The Morgan fingerprint density at radius 3 is 2.35 bits per heavy atom. The molecule has 1 aliphatic rings. The number of benzene rings is 1. The molecule has 1 saturated heterocycles. The Morgan fingerprint density at radius 1 is 1.24 bits per heavy atom. The minimum absolute atomic E-state index is 0.0278. The summed E-state index contributed by atoms with van der Waals surface area (Å²) in [5.74, 6) is -3.44. The van der Waals surface area contributed by atoms with Crippen molar-refractivity contribution in [1.29, 1.82) is 0 Å². The van der Waals surface area contributed by atoms with E-state index in [2.05, 4.69) is 10.6 Å². The van der Waals surface area contributed by atoms with Crippen LogP contribution in [-0.4, -0.2) is 76.0 Å². The van der Waals surface area contributed by atoms with Crippen LogP contribution in [0.2, 0.25) is 10.0 Å². The molecule has 0 spiro atoms. The standard InChI is InChI=1S/C21H24Cl2N4O7/c1-10(29)6-13(9-28)24-19(32)11(2)27-21(34)16(4-5-17(30)26(27)3)25-20(33)12-7-14(22)18(31)15(23)8-12/h7-9,11,13,16,31H,4-6H2,1-3H3,(H,24,32)(H,25,33)/t11?,13-,16-/m0/s1. The monoisotopic (exact) mass is 514 g/mol. The van der Waals surface area contributed by atoms with Gasteiger partial charge in [0.15, 0.2) is 5.75 Å². The average Bonchev–Trinajstić information content (AvgIpc) is 2.87. The molecule has 11 nitrogen and oxygen atoms in total. The summed E-state index contributed by atoms with van der Waals surface area (Å²) >= 11 is 11.7. The topological polar surface area (TPSA) is 153 Å². The van der Waals surface area contributed by atoms with Crippen LogP contribution in [0.1, 0.15) is 43.5 Å². The molecule has 1 fully saturated rings. The number of aldehydes is 1. The first-order valence-corrected chi connectivity index (χ1v) is 11.0. The molecule has 0 saturated carbocycles. The molecule has 34 heavy (non-hydrogen) atoms. The van der Waals surface area contributed by atoms with Crippen LogP contribution in [0.4, 0.5) is 0 Å². The summed E-state index contributed by atoms with van der Waals surface area (Å²) in [6, 6.07) is -1.18. The Morgan fingerprint density at radius 2 is 1.82 bits per heavy atom. The van der Waals surface area contributed by atoms with Crippen LogP contribution in [0.25, 0.3) is 0 Å². The Balaban J connectivity index is 2.25. The van der Waals surface area contributed by atoms with Crippen LogP contribution < -0.4 is 10.6 Å². The van der Waals surface area contributed by atoms with Crippen molar-refractivity contribution in [3.8, 4) is 5.75 Å². The molecule has 0 aliphatic carbocycles. The van der Waals surface area contributed by atoms with Gasteiger partial charge in [0.25, 0.3) is 11.8 Å². The second-order valence-corrected chi connectivity index (χ2v) is 8.60. The van der Waals surface area contributed by atoms with Crippen molar-refractivity contribution in [3.63, 3.8) is 0 Å². The van der Waals surface area contributed by atoms with Crippen molar-refractivity contribution in [2.24, 2.45) is 0 Å². The first-order valence-electron chi connectivity index (χ1n) is 10.2. The lowest BCUT2D eigenvalue weighted by molar-refractivity contribution is -0.166. The number of rotatable bonds is 8. The minimum Gasteiger partial charge on any atom is -0.505 e. The number of carbonyl (C=O) groups is 6. The lowest BCUT2D eigenvalue weighted by Gasteiger charge is -2.36. The zero-order valence-corrected chi connectivity index (χ0v) is 20.1. The Hall–Kier alpha value is -3.18. The fourth-order valence-electron chi connectivity index (χ4n) is 3.36. The average molecular weight is 515 g/mol. The zero-order chi connectivity index (χ0) is 25.7. The SMILES string of the molecule is CC(=O)C[C@@H](C=O)NC(=O)C(C)N1C(=O)[C@@H](NC(=O)c2cc(Cl)c(O)c(Cl)c2)CCC(=O)N1C. The second-order valence-electron chi connectivity index (χ2n) is 7.79. The van der Waals surface area contributed by atoms with Gasteiger partial charge < -0.3 is 20.5 Å². The normalized spacial score (nSPS) is 18.1. The maximum absolute atomic E-state index is 13.3. The number of halogens is 2. The van der Waals surface area contributed by atoms with E-state index in [1.807, 2.05) is 0 Å². The zero-order valence-electron chi connectivity index (χ0n) is 18.6.